The van der Waals surface area contributed by atoms with Gasteiger partial charge in [-0.15, -0.1) is 0 Å². The van der Waals surface area contributed by atoms with Crippen LogP contribution in [0, 0.1) is 23.7 Å². The summed E-state index contributed by atoms with van der Waals surface area (Å²) in [6, 6.07) is 33.1. The molecule has 15 rings (SSSR count). The number of fused-ring (bicyclic) bond motifs is 12. The third-order valence-electron chi connectivity index (χ3n) is 20.0. The Bertz CT molecular complexity index is 4170. The fourth-order valence-corrected chi connectivity index (χ4v) is 15.7. The van der Waals surface area contributed by atoms with E-state index in [1.165, 1.54) is 144 Å². The van der Waals surface area contributed by atoms with Gasteiger partial charge in [-0.05, 0) is 212 Å². The zero-order valence-corrected chi connectivity index (χ0v) is 49.0. The van der Waals surface area contributed by atoms with Crippen LogP contribution in [0.5, 0.6) is 0 Å². The molecule has 0 saturated heterocycles. The SMILES string of the molecule is CC(C)(C)c1cc(-c2c3c(c(-c4cc(C(C)(C)C)cc(C(C)(C)C)c4)c4cc5c(cc24)C2=CC=CC4C=CC=C5C24)C2=CC=C4c5ccc6c7c5=C(CCC=7c5cc(C(C)(C)C)ccc5-6)C5=CC=C3C2C54)cc(C(C)(C)C)c1. The van der Waals surface area contributed by atoms with Crippen LogP contribution in [-0.4, -0.2) is 0 Å². The summed E-state index contributed by atoms with van der Waals surface area (Å²) in [5, 5.41) is 5.78. The Labute approximate surface area is 464 Å². The van der Waals surface area contributed by atoms with Crippen molar-refractivity contribution in [3.63, 3.8) is 0 Å². The average molecular weight is 1010 g/mol. The maximum absolute atomic E-state index is 2.68. The fourth-order valence-electron chi connectivity index (χ4n) is 15.7. The highest BCUT2D eigenvalue weighted by atomic mass is 14.5. The summed E-state index contributed by atoms with van der Waals surface area (Å²) in [7, 11) is 0. The smallest absolute Gasteiger partial charge is 0.0212 e. The van der Waals surface area contributed by atoms with E-state index >= 15 is 0 Å². The molecule has 0 saturated carbocycles. The van der Waals surface area contributed by atoms with Gasteiger partial charge >= 0.3 is 0 Å². The number of hydrogen-bond donors (Lipinski definition) is 0. The van der Waals surface area contributed by atoms with E-state index < -0.39 is 0 Å². The van der Waals surface area contributed by atoms with Crippen molar-refractivity contribution in [2.24, 2.45) is 23.7 Å². The zero-order chi connectivity index (χ0) is 54.2. The summed E-state index contributed by atoms with van der Waals surface area (Å²) in [4.78, 5) is 0. The molecule has 0 heteroatoms. The molecule has 0 amide bonds. The summed E-state index contributed by atoms with van der Waals surface area (Å²) in [6.45, 7) is 35.9. The maximum atomic E-state index is 2.68. The second kappa shape index (κ2) is 15.5. The van der Waals surface area contributed by atoms with Crippen LogP contribution < -0.4 is 10.4 Å². The number of hydrogen-bond acceptors (Lipinski definition) is 0. The molecule has 6 aromatic rings. The lowest BCUT2D eigenvalue weighted by molar-refractivity contribution is 0.568. The second-order valence-corrected chi connectivity index (χ2v) is 29.9. The van der Waals surface area contributed by atoms with Gasteiger partial charge in [0.2, 0.25) is 0 Å². The number of benzene rings is 6. The van der Waals surface area contributed by atoms with E-state index in [0.29, 0.717) is 11.8 Å². The van der Waals surface area contributed by atoms with Gasteiger partial charge in [0.15, 0.2) is 0 Å². The minimum atomic E-state index is -0.0478. The molecule has 0 bridgehead atoms. The molecule has 78 heavy (non-hydrogen) atoms. The van der Waals surface area contributed by atoms with Crippen molar-refractivity contribution in [2.75, 3.05) is 0 Å². The van der Waals surface area contributed by atoms with Crippen molar-refractivity contribution in [3.05, 3.63) is 217 Å². The van der Waals surface area contributed by atoms with Crippen molar-refractivity contribution >= 4 is 49.8 Å². The van der Waals surface area contributed by atoms with Crippen LogP contribution in [0.25, 0.3) is 83.2 Å². The van der Waals surface area contributed by atoms with E-state index in [2.05, 4.69) is 243 Å². The van der Waals surface area contributed by atoms with Gasteiger partial charge in [-0.25, -0.2) is 0 Å². The molecule has 6 aromatic carbocycles. The first-order chi connectivity index (χ1) is 36.8. The van der Waals surface area contributed by atoms with Crippen LogP contribution in [-0.2, 0) is 27.1 Å². The van der Waals surface area contributed by atoms with E-state index in [1.807, 2.05) is 0 Å². The summed E-state index contributed by atoms with van der Waals surface area (Å²) in [5.41, 5.74) is 36.0. The first kappa shape index (κ1) is 48.4. The Balaban J connectivity index is 1.09. The monoisotopic (exact) mass is 1010 g/mol. The van der Waals surface area contributed by atoms with Gasteiger partial charge in [0, 0.05) is 23.7 Å². The summed E-state index contributed by atoms with van der Waals surface area (Å²) in [6.07, 6.45) is 27.0. The van der Waals surface area contributed by atoms with E-state index in [-0.39, 0.29) is 38.9 Å². The second-order valence-electron chi connectivity index (χ2n) is 29.9. The van der Waals surface area contributed by atoms with Crippen molar-refractivity contribution in [3.8, 4) is 33.4 Å². The molecule has 388 valence electrons. The maximum Gasteiger partial charge on any atom is 0.0212 e. The molecule has 0 spiro atoms. The van der Waals surface area contributed by atoms with Gasteiger partial charge in [-0.3, -0.25) is 0 Å². The Morgan fingerprint density at radius 2 is 0.718 bits per heavy atom. The molecule has 4 atom stereocenters. The lowest BCUT2D eigenvalue weighted by atomic mass is 9.62. The molecular formula is C78H76. The molecule has 0 heterocycles. The minimum Gasteiger partial charge on any atom is -0.0767 e. The first-order valence-electron chi connectivity index (χ1n) is 29.5. The lowest BCUT2D eigenvalue weighted by Crippen LogP contribution is -2.41. The highest BCUT2D eigenvalue weighted by Crippen LogP contribution is 2.66. The summed E-state index contributed by atoms with van der Waals surface area (Å²) >= 11 is 0. The van der Waals surface area contributed by atoms with E-state index in [0.717, 1.165) is 12.8 Å². The highest BCUT2D eigenvalue weighted by Gasteiger charge is 2.50. The zero-order valence-electron chi connectivity index (χ0n) is 49.0. The molecule has 0 aromatic heterocycles. The van der Waals surface area contributed by atoms with Crippen LogP contribution in [0.2, 0.25) is 0 Å². The van der Waals surface area contributed by atoms with Crippen molar-refractivity contribution in [1.29, 1.82) is 0 Å². The predicted octanol–water partition coefficient (Wildman–Crippen LogP) is 19.0. The Morgan fingerprint density at radius 1 is 0.308 bits per heavy atom. The third-order valence-corrected chi connectivity index (χ3v) is 20.0. The van der Waals surface area contributed by atoms with Crippen LogP contribution >= 0.6 is 0 Å². The lowest BCUT2D eigenvalue weighted by Gasteiger charge is -2.41. The Hall–Kier alpha value is -6.76. The van der Waals surface area contributed by atoms with E-state index in [1.54, 1.807) is 16.7 Å². The number of allylic oxidation sites excluding steroid dienone is 16. The summed E-state index contributed by atoms with van der Waals surface area (Å²) in [5.74, 6) is 1.13. The molecule has 0 N–H and O–H groups in total. The first-order valence-corrected chi connectivity index (χ1v) is 29.5. The van der Waals surface area contributed by atoms with Crippen molar-refractivity contribution < 1.29 is 0 Å². The largest absolute Gasteiger partial charge is 0.0767 e. The molecule has 4 unspecified atom stereocenters. The standard InChI is InChI=1S/C78H76/c1-74(2,3)44-22-23-49-52-24-25-53-55-28-30-58-71-59(31-29-56(70(55)71)54-26-27-57(60(49)38-44)68(52)69(53)54)73-67(43-34-47(77(10,11)12)37-48(35-43)78(13,14)15)64-40-62-51-21-17-19-41-18-16-20-50(65(41)51)61(62)39-63(64)66(72(58)73)42-32-45(75(4,5)6)36-46(33-42)76(7,8)9/h16-25,28-41,65,70-71H,26-27H2,1-15H3. The third kappa shape index (κ3) is 6.65. The molecule has 0 radical (unpaired) electrons. The molecule has 9 aliphatic rings. The van der Waals surface area contributed by atoms with Gasteiger partial charge in [-0.2, -0.15) is 0 Å². The predicted molar refractivity (Wildman–Crippen MR) is 335 cm³/mol. The molecular weight excluding hydrogens is 937 g/mol. The fraction of sp³-hybridized carbons (Fsp3) is 0.333. The van der Waals surface area contributed by atoms with Crippen LogP contribution in [0.3, 0.4) is 0 Å². The average Bonchev–Trinajstić information content (AvgIpc) is 4.17. The quantitative estimate of drug-likeness (QED) is 0.162. The van der Waals surface area contributed by atoms with E-state index in [4.69, 9.17) is 0 Å². The van der Waals surface area contributed by atoms with Crippen LogP contribution in [0.15, 0.2) is 145 Å². The van der Waals surface area contributed by atoms with Crippen molar-refractivity contribution in [2.45, 2.75) is 144 Å². The molecule has 0 fully saturated rings. The van der Waals surface area contributed by atoms with Gasteiger partial charge in [0.05, 0.1) is 0 Å². The molecule has 0 nitrogen and oxygen atoms in total. The Kier molecular flexibility index (Phi) is 9.63. The van der Waals surface area contributed by atoms with Gasteiger partial charge in [0.1, 0.15) is 0 Å². The number of rotatable bonds is 2. The van der Waals surface area contributed by atoms with E-state index in [9.17, 15) is 0 Å². The van der Waals surface area contributed by atoms with Crippen LogP contribution in [0.1, 0.15) is 178 Å². The Morgan fingerprint density at radius 3 is 1.22 bits per heavy atom. The van der Waals surface area contributed by atoms with Crippen molar-refractivity contribution in [1.82, 2.24) is 0 Å². The van der Waals surface area contributed by atoms with Crippen LogP contribution in [0.4, 0.5) is 0 Å². The normalized spacial score (nSPS) is 21.7. The van der Waals surface area contributed by atoms with Gasteiger partial charge in [0.25, 0.3) is 0 Å². The highest BCUT2D eigenvalue weighted by molar-refractivity contribution is 6.21. The molecule has 0 aliphatic heterocycles. The van der Waals surface area contributed by atoms with Gasteiger partial charge < -0.3 is 0 Å². The minimum absolute atomic E-state index is 0.0478. The summed E-state index contributed by atoms with van der Waals surface area (Å²) < 4.78 is 0. The topological polar surface area (TPSA) is 0 Å². The van der Waals surface area contributed by atoms with Gasteiger partial charge in [-0.1, -0.05) is 231 Å². The molecule has 9 aliphatic carbocycles.